The molecule has 0 aromatic heterocycles. The van der Waals surface area contributed by atoms with Gasteiger partial charge in [-0.15, -0.1) is 0 Å². The molecule has 0 spiro atoms. The minimum absolute atomic E-state index is 0.0494. The van der Waals surface area contributed by atoms with Crippen LogP contribution in [0.1, 0.15) is 19.3 Å². The van der Waals surface area contributed by atoms with Gasteiger partial charge in [-0.2, -0.15) is 0 Å². The van der Waals surface area contributed by atoms with Crippen molar-refractivity contribution in [3.63, 3.8) is 0 Å². The second-order valence-corrected chi connectivity index (χ2v) is 4.01. The number of hydrogen-bond donors (Lipinski definition) is 0. The zero-order chi connectivity index (χ0) is 10.9. The lowest BCUT2D eigenvalue weighted by Crippen LogP contribution is -2.42. The first-order chi connectivity index (χ1) is 7.17. The fourth-order valence-electron chi connectivity index (χ4n) is 2.20. The molecule has 2 aliphatic heterocycles. The Morgan fingerprint density at radius 3 is 3.00 bits per heavy atom. The Hall–Kier alpha value is -0.650. The maximum absolute atomic E-state index is 11.2. The van der Waals surface area contributed by atoms with Crippen LogP contribution in [0.5, 0.6) is 0 Å². The van der Waals surface area contributed by atoms with Crippen LogP contribution in [0.2, 0.25) is 0 Å². The van der Waals surface area contributed by atoms with Crippen LogP contribution >= 0.6 is 0 Å². The number of methoxy groups -OCH3 is 2. The Kier molecular flexibility index (Phi) is 2.95. The molecule has 0 aliphatic carbocycles. The van der Waals surface area contributed by atoms with Crippen LogP contribution in [-0.4, -0.2) is 44.8 Å². The standard InChI is InChI=1S/C10H16O5/c1-12-7-3-8-6-14-10(4-7,15-8)5-9(11)13-2/h7-8H,3-6H2,1-2H3/t7-,8+,10+/m1/s1. The van der Waals surface area contributed by atoms with Gasteiger partial charge in [0.1, 0.15) is 0 Å². The predicted molar refractivity (Wildman–Crippen MR) is 50.2 cm³/mol. The molecule has 0 N–H and O–H groups in total. The summed E-state index contributed by atoms with van der Waals surface area (Å²) in [4.78, 5) is 11.2. The van der Waals surface area contributed by atoms with Crippen molar-refractivity contribution in [2.75, 3.05) is 20.8 Å². The minimum atomic E-state index is -0.809. The van der Waals surface area contributed by atoms with Crippen molar-refractivity contribution in [1.82, 2.24) is 0 Å². The van der Waals surface area contributed by atoms with E-state index in [1.54, 1.807) is 7.11 Å². The van der Waals surface area contributed by atoms with Crippen LogP contribution in [0.4, 0.5) is 0 Å². The van der Waals surface area contributed by atoms with Gasteiger partial charge in [0.25, 0.3) is 0 Å². The first kappa shape index (κ1) is 10.9. The smallest absolute Gasteiger partial charge is 0.310 e. The van der Waals surface area contributed by atoms with Crippen LogP contribution in [0.3, 0.4) is 0 Å². The summed E-state index contributed by atoms with van der Waals surface area (Å²) in [6.45, 7) is 0.539. The highest BCUT2D eigenvalue weighted by molar-refractivity contribution is 5.70. The molecule has 2 fully saturated rings. The number of fused-ring (bicyclic) bond motifs is 2. The summed E-state index contributed by atoms with van der Waals surface area (Å²) in [5, 5.41) is 0. The van der Waals surface area contributed by atoms with Gasteiger partial charge in [-0.3, -0.25) is 4.79 Å². The Bertz CT molecular complexity index is 254. The van der Waals surface area contributed by atoms with Crippen molar-refractivity contribution in [3.05, 3.63) is 0 Å². The van der Waals surface area contributed by atoms with E-state index in [0.29, 0.717) is 13.0 Å². The highest BCUT2D eigenvalue weighted by Crippen LogP contribution is 2.39. The van der Waals surface area contributed by atoms with Crippen LogP contribution in [0.25, 0.3) is 0 Å². The Labute approximate surface area is 88.6 Å². The van der Waals surface area contributed by atoms with Crippen molar-refractivity contribution in [3.8, 4) is 0 Å². The largest absolute Gasteiger partial charge is 0.469 e. The lowest BCUT2D eigenvalue weighted by Gasteiger charge is -2.34. The molecule has 0 radical (unpaired) electrons. The monoisotopic (exact) mass is 216 g/mol. The molecule has 3 atom stereocenters. The van der Waals surface area contributed by atoms with E-state index in [0.717, 1.165) is 6.42 Å². The van der Waals surface area contributed by atoms with E-state index in [-0.39, 0.29) is 24.6 Å². The molecule has 2 saturated heterocycles. The van der Waals surface area contributed by atoms with Gasteiger partial charge in [-0.05, 0) is 0 Å². The number of esters is 1. The molecule has 0 unspecified atom stereocenters. The van der Waals surface area contributed by atoms with Crippen molar-refractivity contribution in [2.45, 2.75) is 37.3 Å². The Balaban J connectivity index is 2.03. The highest BCUT2D eigenvalue weighted by Gasteiger charge is 2.49. The molecule has 2 aliphatic rings. The van der Waals surface area contributed by atoms with Crippen molar-refractivity contribution in [2.24, 2.45) is 0 Å². The highest BCUT2D eigenvalue weighted by atomic mass is 16.7. The molecule has 5 nitrogen and oxygen atoms in total. The topological polar surface area (TPSA) is 54.0 Å². The second-order valence-electron chi connectivity index (χ2n) is 4.01. The van der Waals surface area contributed by atoms with E-state index >= 15 is 0 Å². The SMILES string of the molecule is COC(=O)C[C@@]12C[C@H](OC)C[C@@H](CO1)O2. The summed E-state index contributed by atoms with van der Waals surface area (Å²) in [6, 6.07) is 0. The van der Waals surface area contributed by atoms with Crippen molar-refractivity contribution >= 4 is 5.97 Å². The van der Waals surface area contributed by atoms with Crippen LogP contribution in [-0.2, 0) is 23.7 Å². The van der Waals surface area contributed by atoms with Crippen LogP contribution in [0, 0.1) is 0 Å². The molecule has 5 heteroatoms. The summed E-state index contributed by atoms with van der Waals surface area (Å²) in [7, 11) is 3.03. The summed E-state index contributed by atoms with van der Waals surface area (Å²) < 4.78 is 21.2. The van der Waals surface area contributed by atoms with Crippen molar-refractivity contribution < 1.29 is 23.7 Å². The summed E-state index contributed by atoms with van der Waals surface area (Å²) >= 11 is 0. The van der Waals surface area contributed by atoms with E-state index in [9.17, 15) is 4.79 Å². The molecule has 0 aromatic rings. The van der Waals surface area contributed by atoms with Gasteiger partial charge in [0.05, 0.1) is 32.3 Å². The molecule has 2 bridgehead atoms. The molecule has 0 aromatic carbocycles. The maximum Gasteiger partial charge on any atom is 0.310 e. The van der Waals surface area contributed by atoms with E-state index in [4.69, 9.17) is 14.2 Å². The summed E-state index contributed by atoms with van der Waals surface area (Å²) in [5.41, 5.74) is 0. The van der Waals surface area contributed by atoms with Crippen LogP contribution in [0.15, 0.2) is 0 Å². The average molecular weight is 216 g/mol. The van der Waals surface area contributed by atoms with Crippen molar-refractivity contribution in [1.29, 1.82) is 0 Å². The third-order valence-electron chi connectivity index (χ3n) is 2.95. The molecule has 2 heterocycles. The van der Waals surface area contributed by atoms with E-state index in [1.807, 2.05) is 0 Å². The number of rotatable bonds is 3. The van der Waals surface area contributed by atoms with E-state index in [1.165, 1.54) is 7.11 Å². The zero-order valence-electron chi connectivity index (χ0n) is 9.02. The maximum atomic E-state index is 11.2. The third kappa shape index (κ3) is 2.14. The quantitative estimate of drug-likeness (QED) is 0.642. The van der Waals surface area contributed by atoms with Gasteiger partial charge in [0, 0.05) is 20.0 Å². The molecular formula is C10H16O5. The third-order valence-corrected chi connectivity index (χ3v) is 2.95. The van der Waals surface area contributed by atoms with Gasteiger partial charge >= 0.3 is 5.97 Å². The average Bonchev–Trinajstić information content (AvgIpc) is 2.53. The van der Waals surface area contributed by atoms with E-state index < -0.39 is 5.79 Å². The number of ether oxygens (including phenoxy) is 4. The molecule has 86 valence electrons. The Morgan fingerprint density at radius 1 is 1.53 bits per heavy atom. The lowest BCUT2D eigenvalue weighted by atomic mass is 9.98. The second kappa shape index (κ2) is 4.08. The molecule has 0 saturated carbocycles. The van der Waals surface area contributed by atoms with Crippen LogP contribution < -0.4 is 0 Å². The molecule has 15 heavy (non-hydrogen) atoms. The van der Waals surface area contributed by atoms with E-state index in [2.05, 4.69) is 4.74 Å². The molecule has 2 rings (SSSR count). The lowest BCUT2D eigenvalue weighted by molar-refractivity contribution is -0.220. The van der Waals surface area contributed by atoms with Gasteiger partial charge in [-0.25, -0.2) is 0 Å². The fourth-order valence-corrected chi connectivity index (χ4v) is 2.20. The van der Waals surface area contributed by atoms with Gasteiger partial charge in [-0.1, -0.05) is 0 Å². The minimum Gasteiger partial charge on any atom is -0.469 e. The predicted octanol–water partition coefficient (Wildman–Crippen LogP) is 0.470. The molecular weight excluding hydrogens is 200 g/mol. The number of hydrogen-bond acceptors (Lipinski definition) is 5. The zero-order valence-corrected chi connectivity index (χ0v) is 9.02. The number of carbonyl (C=O) groups is 1. The normalized spacial score (nSPS) is 39.1. The van der Waals surface area contributed by atoms with Gasteiger partial charge in [0.15, 0.2) is 5.79 Å². The number of carbonyl (C=O) groups excluding carboxylic acids is 1. The van der Waals surface area contributed by atoms with Gasteiger partial charge < -0.3 is 18.9 Å². The van der Waals surface area contributed by atoms with Gasteiger partial charge in [0.2, 0.25) is 0 Å². The summed E-state index contributed by atoms with van der Waals surface area (Å²) in [6.07, 6.45) is 1.72. The Morgan fingerprint density at radius 2 is 2.33 bits per heavy atom. The first-order valence-corrected chi connectivity index (χ1v) is 5.09. The summed E-state index contributed by atoms with van der Waals surface area (Å²) in [5.74, 6) is -1.12. The fraction of sp³-hybridized carbons (Fsp3) is 0.900. The first-order valence-electron chi connectivity index (χ1n) is 5.09. The molecule has 0 amide bonds.